The molecule has 0 atom stereocenters. The van der Waals surface area contributed by atoms with Gasteiger partial charge in [-0.2, -0.15) is 0 Å². The van der Waals surface area contributed by atoms with E-state index in [0.717, 1.165) is 5.56 Å². The number of hydrogen-bond acceptors (Lipinski definition) is 0. The fourth-order valence-electron chi connectivity index (χ4n) is 2.67. The molecule has 0 heterocycles. The van der Waals surface area contributed by atoms with Gasteiger partial charge < -0.3 is 12.8 Å². The normalized spacial score (nSPS) is 8.97. The molecule has 0 amide bonds. The first-order valence-corrected chi connectivity index (χ1v) is 15.9. The minimum atomic E-state index is -0.283. The third kappa shape index (κ3) is 21.3. The maximum atomic E-state index is 12.1. The van der Waals surface area contributed by atoms with Gasteiger partial charge >= 0.3 is 21.1 Å². The van der Waals surface area contributed by atoms with E-state index >= 15 is 0 Å². The second kappa shape index (κ2) is 25.7. The van der Waals surface area contributed by atoms with Gasteiger partial charge in [-0.3, -0.25) is 11.8 Å². The average molecular weight is 668 g/mol. The molecule has 4 heteroatoms. The monoisotopic (exact) mass is 667 g/mol. The zero-order valence-electron chi connectivity index (χ0n) is 21.6. The van der Waals surface area contributed by atoms with Crippen LogP contribution in [0.1, 0.15) is 58.2 Å². The van der Waals surface area contributed by atoms with Crippen LogP contribution in [0, 0.1) is 37.4 Å². The molecule has 184 valence electrons. The van der Waals surface area contributed by atoms with Crippen molar-refractivity contribution in [1.82, 2.24) is 0 Å². The fourth-order valence-corrected chi connectivity index (χ4v) is 5.67. The van der Waals surface area contributed by atoms with Crippen molar-refractivity contribution >= 4 is 15.8 Å². The predicted molar refractivity (Wildman–Crippen MR) is 150 cm³/mol. The Labute approximate surface area is 221 Å². The molecule has 0 aliphatic carbocycles. The molecule has 0 radical (unpaired) electrons. The SMILES string of the molecule is CC[PH+](CC)CC.CC[PH+](CC)CC.[C-]#Cc1ccc(C)cc1.[C-]#Cc1ccc(F)cc1.[Pt+2]. The van der Waals surface area contributed by atoms with E-state index in [4.69, 9.17) is 12.8 Å². The summed E-state index contributed by atoms with van der Waals surface area (Å²) in [5.41, 5.74) is 2.64. The first-order chi connectivity index (χ1) is 15.3. The standard InChI is InChI=1S/C9H7.C8H4F.2C6H15P.Pt/c1-3-9-6-4-8(2)5-7-9;1-2-7-3-5-8(9)6-4-7;2*1-4-7(5-2)6-3;/h4-7H,2H3;3-6H;2*4-6H2,1-3H3;/q2*-1;;;+2/p+2. The van der Waals surface area contributed by atoms with Gasteiger partial charge in [-0.25, -0.2) is 4.39 Å². The molecule has 0 nitrogen and oxygen atoms in total. The Hall–Kier alpha value is -0.962. The summed E-state index contributed by atoms with van der Waals surface area (Å²) in [5.74, 6) is 4.16. The minimum absolute atomic E-state index is 0. The van der Waals surface area contributed by atoms with Crippen LogP contribution in [0.2, 0.25) is 0 Å². The van der Waals surface area contributed by atoms with E-state index < -0.39 is 0 Å². The van der Waals surface area contributed by atoms with E-state index in [0.29, 0.717) is 5.56 Å². The van der Waals surface area contributed by atoms with Crippen LogP contribution in [0.4, 0.5) is 4.39 Å². The van der Waals surface area contributed by atoms with Crippen LogP contribution in [0.15, 0.2) is 48.5 Å². The molecule has 0 unspecified atom stereocenters. The third-order valence-corrected chi connectivity index (χ3v) is 11.2. The summed E-state index contributed by atoms with van der Waals surface area (Å²) in [6.45, 7) is 15.9. The quantitative estimate of drug-likeness (QED) is 0.166. The molecule has 0 fully saturated rings. The van der Waals surface area contributed by atoms with E-state index in [9.17, 15) is 4.39 Å². The van der Waals surface area contributed by atoms with Crippen molar-refractivity contribution in [2.24, 2.45) is 0 Å². The van der Waals surface area contributed by atoms with E-state index in [2.05, 4.69) is 53.4 Å². The fraction of sp³-hybridized carbons (Fsp3) is 0.448. The Morgan fingerprint density at radius 3 is 1.09 bits per heavy atom. The summed E-state index contributed by atoms with van der Waals surface area (Å²) in [4.78, 5) is 0. The van der Waals surface area contributed by atoms with E-state index in [1.165, 1.54) is 66.8 Å². The molecule has 0 spiro atoms. The summed E-state index contributed by atoms with van der Waals surface area (Å²) < 4.78 is 12.1. The molecule has 2 rings (SSSR count). The molecule has 0 N–H and O–H groups in total. The smallest absolute Gasteiger partial charge is 0.366 e. The Balaban J connectivity index is -0.000000363. The topological polar surface area (TPSA) is 0 Å². The van der Waals surface area contributed by atoms with E-state index in [-0.39, 0.29) is 42.7 Å². The second-order valence-corrected chi connectivity index (χ2v) is 14.5. The van der Waals surface area contributed by atoms with Crippen molar-refractivity contribution in [2.75, 3.05) is 37.0 Å². The second-order valence-electron chi connectivity index (χ2n) is 7.24. The molecular weight excluding hydrogens is 624 g/mol. The van der Waals surface area contributed by atoms with Crippen LogP contribution >= 0.6 is 15.8 Å². The van der Waals surface area contributed by atoms with Crippen LogP contribution in [0.3, 0.4) is 0 Å². The third-order valence-electron chi connectivity index (χ3n) is 5.18. The summed E-state index contributed by atoms with van der Waals surface area (Å²) in [6.07, 6.45) is 22.1. The molecule has 0 aromatic heterocycles. The Morgan fingerprint density at radius 2 is 0.879 bits per heavy atom. The number of hydrogen-bond donors (Lipinski definition) is 0. The minimum Gasteiger partial charge on any atom is -0.366 e. The van der Waals surface area contributed by atoms with Gasteiger partial charge in [0.15, 0.2) is 0 Å². The largest absolute Gasteiger partial charge is 2.00 e. The van der Waals surface area contributed by atoms with Crippen molar-refractivity contribution in [3.05, 3.63) is 83.9 Å². The van der Waals surface area contributed by atoms with Crippen LogP contribution in [0.5, 0.6) is 0 Å². The zero-order chi connectivity index (χ0) is 24.8. The van der Waals surface area contributed by atoms with Crippen LogP contribution < -0.4 is 0 Å². The molecule has 0 bridgehead atoms. The molecule has 2 aromatic rings. The molecule has 0 aliphatic rings. The zero-order valence-corrected chi connectivity index (χ0v) is 25.8. The van der Waals surface area contributed by atoms with Crippen LogP contribution in [-0.4, -0.2) is 37.0 Å². The Bertz CT molecular complexity index is 672. The molecule has 0 saturated heterocycles. The maximum absolute atomic E-state index is 12.1. The van der Waals surface area contributed by atoms with Gasteiger partial charge in [0, 0.05) is 0 Å². The van der Waals surface area contributed by atoms with E-state index in [1.807, 2.05) is 31.2 Å². The summed E-state index contributed by atoms with van der Waals surface area (Å²) in [7, 11) is 0.275. The molecule has 0 saturated carbocycles. The van der Waals surface area contributed by atoms with E-state index in [1.54, 1.807) is 0 Å². The number of aryl methyl sites for hydroxylation is 1. The van der Waals surface area contributed by atoms with Crippen LogP contribution in [0.25, 0.3) is 0 Å². The molecule has 2 aromatic carbocycles. The van der Waals surface area contributed by atoms with Gasteiger partial charge in [0.05, 0.1) is 37.0 Å². The summed E-state index contributed by atoms with van der Waals surface area (Å²) in [6, 6.07) is 13.3. The predicted octanol–water partition coefficient (Wildman–Crippen LogP) is 8.21. The van der Waals surface area contributed by atoms with Gasteiger partial charge in [0.25, 0.3) is 0 Å². The van der Waals surface area contributed by atoms with Crippen molar-refractivity contribution in [3.8, 4) is 11.8 Å². The van der Waals surface area contributed by atoms with Crippen LogP contribution in [-0.2, 0) is 21.1 Å². The van der Waals surface area contributed by atoms with Gasteiger partial charge in [0.2, 0.25) is 0 Å². The first-order valence-electron chi connectivity index (χ1n) is 11.7. The first kappa shape index (κ1) is 36.6. The Morgan fingerprint density at radius 1 is 0.606 bits per heavy atom. The number of benzene rings is 2. The molecule has 0 aliphatic heterocycles. The number of halogens is 1. The van der Waals surface area contributed by atoms with Gasteiger partial charge in [0.1, 0.15) is 5.82 Å². The molecule has 33 heavy (non-hydrogen) atoms. The average Bonchev–Trinajstić information content (AvgIpc) is 2.84. The Kier molecular flexibility index (Phi) is 28.5. The van der Waals surface area contributed by atoms with Gasteiger partial charge in [-0.15, -0.1) is 35.4 Å². The maximum Gasteiger partial charge on any atom is 2.00 e. The number of rotatable bonds is 6. The van der Waals surface area contributed by atoms with Gasteiger partial charge in [-0.1, -0.05) is 17.7 Å². The van der Waals surface area contributed by atoms with Crippen molar-refractivity contribution < 1.29 is 25.5 Å². The van der Waals surface area contributed by atoms with Crippen molar-refractivity contribution in [1.29, 1.82) is 0 Å². The van der Waals surface area contributed by atoms with Crippen molar-refractivity contribution in [2.45, 2.75) is 48.5 Å². The summed E-state index contributed by atoms with van der Waals surface area (Å²) >= 11 is 0. The van der Waals surface area contributed by atoms with Crippen molar-refractivity contribution in [3.63, 3.8) is 0 Å². The molecular formula is C29H43FP2Pt+2. The summed E-state index contributed by atoms with van der Waals surface area (Å²) in [5, 5.41) is 0. The van der Waals surface area contributed by atoms with Gasteiger partial charge in [-0.05, 0) is 76.4 Å².